The van der Waals surface area contributed by atoms with E-state index in [0.717, 1.165) is 0 Å². The molecule has 0 saturated carbocycles. The quantitative estimate of drug-likeness (QED) is 0.481. The summed E-state index contributed by atoms with van der Waals surface area (Å²) in [5.74, 6) is -0.682. The van der Waals surface area contributed by atoms with E-state index in [2.05, 4.69) is 25.3 Å². The van der Waals surface area contributed by atoms with Gasteiger partial charge in [0.2, 0.25) is 5.79 Å². The van der Waals surface area contributed by atoms with Gasteiger partial charge in [0, 0.05) is 18.6 Å². The molecule has 4 nitrogen and oxygen atoms in total. The van der Waals surface area contributed by atoms with Crippen LogP contribution in [-0.4, -0.2) is 52.9 Å². The first-order valence-corrected chi connectivity index (χ1v) is 5.18. The number of aliphatic hydroxyl groups excluding tert-OH is 2. The molecule has 6 heteroatoms. The molecule has 0 bridgehead atoms. The highest BCUT2D eigenvalue weighted by Gasteiger charge is 2.53. The van der Waals surface area contributed by atoms with Crippen LogP contribution in [0.5, 0.6) is 0 Å². The minimum absolute atomic E-state index is 0.187. The van der Waals surface area contributed by atoms with E-state index in [1.54, 1.807) is 0 Å². The van der Waals surface area contributed by atoms with E-state index in [1.807, 2.05) is 0 Å². The minimum Gasteiger partial charge on any atom is -0.387 e. The standard InChI is InChI=1S/C7H14O4S2/c1-10-7(3-13)6(9)5(8)4(2-12)11-7/h4-6,8-9,12-13H,2-3H2,1H3/t4-,5?,6-,7-/m1/s1. The zero-order valence-electron chi connectivity index (χ0n) is 7.25. The summed E-state index contributed by atoms with van der Waals surface area (Å²) in [5, 5.41) is 19.1. The van der Waals surface area contributed by atoms with Crippen molar-refractivity contribution in [3.63, 3.8) is 0 Å². The Kier molecular flexibility index (Phi) is 3.91. The molecule has 4 atom stereocenters. The maximum atomic E-state index is 9.63. The highest BCUT2D eigenvalue weighted by atomic mass is 32.1. The number of methoxy groups -OCH3 is 1. The molecule has 0 amide bonds. The average Bonchev–Trinajstić information content (AvgIpc) is 2.42. The molecule has 0 spiro atoms. The van der Waals surface area contributed by atoms with Gasteiger partial charge in [-0.05, 0) is 0 Å². The summed E-state index contributed by atoms with van der Waals surface area (Å²) < 4.78 is 10.4. The molecule has 2 N–H and O–H groups in total. The van der Waals surface area contributed by atoms with Crippen LogP contribution in [0.15, 0.2) is 0 Å². The van der Waals surface area contributed by atoms with Crippen LogP contribution >= 0.6 is 25.3 Å². The fourth-order valence-corrected chi connectivity index (χ4v) is 2.05. The van der Waals surface area contributed by atoms with Crippen molar-refractivity contribution in [3.05, 3.63) is 0 Å². The Labute approximate surface area is 88.0 Å². The predicted molar refractivity (Wildman–Crippen MR) is 54.3 cm³/mol. The minimum atomic E-state index is -1.20. The van der Waals surface area contributed by atoms with Gasteiger partial charge in [0.05, 0.1) is 6.10 Å². The van der Waals surface area contributed by atoms with Gasteiger partial charge in [0.15, 0.2) is 0 Å². The van der Waals surface area contributed by atoms with E-state index in [-0.39, 0.29) is 5.75 Å². The van der Waals surface area contributed by atoms with Gasteiger partial charge in [-0.25, -0.2) is 0 Å². The largest absolute Gasteiger partial charge is 0.387 e. The Balaban J connectivity index is 2.79. The van der Waals surface area contributed by atoms with Crippen LogP contribution in [0.4, 0.5) is 0 Å². The number of aliphatic hydroxyl groups is 2. The van der Waals surface area contributed by atoms with Crippen LogP contribution in [0.1, 0.15) is 0 Å². The number of hydrogen-bond acceptors (Lipinski definition) is 6. The molecule has 0 aliphatic carbocycles. The number of rotatable bonds is 3. The topological polar surface area (TPSA) is 58.9 Å². The highest BCUT2D eigenvalue weighted by Crippen LogP contribution is 2.33. The molecule has 1 heterocycles. The lowest BCUT2D eigenvalue weighted by molar-refractivity contribution is -0.226. The summed E-state index contributed by atoms with van der Waals surface area (Å²) in [7, 11) is 1.41. The summed E-state index contributed by atoms with van der Waals surface area (Å²) in [6, 6.07) is 0. The van der Waals surface area contributed by atoms with Crippen LogP contribution in [0.3, 0.4) is 0 Å². The smallest absolute Gasteiger partial charge is 0.206 e. The zero-order chi connectivity index (χ0) is 10.1. The van der Waals surface area contributed by atoms with Gasteiger partial charge in [-0.15, -0.1) is 0 Å². The molecule has 1 aliphatic rings. The normalized spacial score (nSPS) is 45.5. The zero-order valence-corrected chi connectivity index (χ0v) is 9.04. The second-order valence-corrected chi connectivity index (χ2v) is 3.63. The summed E-state index contributed by atoms with van der Waals surface area (Å²) in [4.78, 5) is 0. The molecule has 78 valence electrons. The van der Waals surface area contributed by atoms with Gasteiger partial charge in [0.1, 0.15) is 12.2 Å². The van der Waals surface area contributed by atoms with Gasteiger partial charge in [-0.2, -0.15) is 25.3 Å². The first kappa shape index (κ1) is 11.6. The van der Waals surface area contributed by atoms with Crippen molar-refractivity contribution >= 4 is 25.3 Å². The summed E-state index contributed by atoms with van der Waals surface area (Å²) in [5.41, 5.74) is 0. The van der Waals surface area contributed by atoms with Crippen molar-refractivity contribution in [2.75, 3.05) is 18.6 Å². The maximum absolute atomic E-state index is 9.63. The first-order valence-electron chi connectivity index (χ1n) is 3.92. The molecular formula is C7H14O4S2. The lowest BCUT2D eigenvalue weighted by Gasteiger charge is -2.28. The molecule has 1 rings (SSSR count). The van der Waals surface area contributed by atoms with E-state index in [1.165, 1.54) is 7.11 Å². The second kappa shape index (κ2) is 4.37. The van der Waals surface area contributed by atoms with Crippen LogP contribution in [0, 0.1) is 0 Å². The lowest BCUT2D eigenvalue weighted by atomic mass is 10.1. The fourth-order valence-electron chi connectivity index (χ4n) is 1.37. The maximum Gasteiger partial charge on any atom is 0.206 e. The molecule has 0 aromatic heterocycles. The first-order chi connectivity index (χ1) is 6.11. The molecule has 0 aromatic carbocycles. The molecule has 13 heavy (non-hydrogen) atoms. The van der Waals surface area contributed by atoms with E-state index >= 15 is 0 Å². The van der Waals surface area contributed by atoms with E-state index in [9.17, 15) is 10.2 Å². The van der Waals surface area contributed by atoms with Crippen LogP contribution in [0.2, 0.25) is 0 Å². The van der Waals surface area contributed by atoms with Crippen LogP contribution < -0.4 is 0 Å². The lowest BCUT2D eigenvalue weighted by Crippen LogP contribution is -2.46. The Morgan fingerprint density at radius 2 is 2.08 bits per heavy atom. The summed E-state index contributed by atoms with van der Waals surface area (Å²) in [6.45, 7) is 0. The second-order valence-electron chi connectivity index (χ2n) is 2.95. The van der Waals surface area contributed by atoms with Crippen molar-refractivity contribution < 1.29 is 19.7 Å². The number of thiol groups is 2. The summed E-state index contributed by atoms with van der Waals surface area (Å²) in [6.07, 6.45) is -2.55. The summed E-state index contributed by atoms with van der Waals surface area (Å²) >= 11 is 8.01. The molecule has 1 aliphatic heterocycles. The van der Waals surface area contributed by atoms with Crippen molar-refractivity contribution in [2.24, 2.45) is 0 Å². The Morgan fingerprint density at radius 3 is 2.31 bits per heavy atom. The van der Waals surface area contributed by atoms with Crippen LogP contribution in [0.25, 0.3) is 0 Å². The third-order valence-corrected chi connectivity index (χ3v) is 3.05. The fraction of sp³-hybridized carbons (Fsp3) is 1.00. The highest BCUT2D eigenvalue weighted by molar-refractivity contribution is 7.80. The third kappa shape index (κ3) is 1.84. The van der Waals surface area contributed by atoms with Crippen molar-refractivity contribution in [3.8, 4) is 0 Å². The molecular weight excluding hydrogens is 212 g/mol. The van der Waals surface area contributed by atoms with Crippen molar-refractivity contribution in [2.45, 2.75) is 24.1 Å². The van der Waals surface area contributed by atoms with Crippen molar-refractivity contribution in [1.82, 2.24) is 0 Å². The van der Waals surface area contributed by atoms with Gasteiger partial charge >= 0.3 is 0 Å². The van der Waals surface area contributed by atoms with Crippen molar-refractivity contribution in [1.29, 1.82) is 0 Å². The monoisotopic (exact) mass is 226 g/mol. The predicted octanol–water partition coefficient (Wildman–Crippen LogP) is -0.691. The number of ether oxygens (including phenoxy) is 2. The molecule has 0 aromatic rings. The van der Waals surface area contributed by atoms with Crippen LogP contribution in [-0.2, 0) is 9.47 Å². The van der Waals surface area contributed by atoms with E-state index in [4.69, 9.17) is 9.47 Å². The van der Waals surface area contributed by atoms with Gasteiger partial charge < -0.3 is 19.7 Å². The van der Waals surface area contributed by atoms with E-state index < -0.39 is 24.1 Å². The van der Waals surface area contributed by atoms with Gasteiger partial charge in [-0.1, -0.05) is 0 Å². The van der Waals surface area contributed by atoms with Gasteiger partial charge in [-0.3, -0.25) is 0 Å². The Hall–Kier alpha value is 0.540. The number of hydrogen-bond donors (Lipinski definition) is 4. The molecule has 1 fully saturated rings. The van der Waals surface area contributed by atoms with E-state index in [0.29, 0.717) is 5.75 Å². The third-order valence-electron chi connectivity index (χ3n) is 2.25. The Bertz CT molecular complexity index is 174. The molecule has 0 radical (unpaired) electrons. The molecule has 1 saturated heterocycles. The average molecular weight is 226 g/mol. The van der Waals surface area contributed by atoms with Gasteiger partial charge in [0.25, 0.3) is 0 Å². The Morgan fingerprint density at radius 1 is 1.46 bits per heavy atom. The molecule has 1 unspecified atom stereocenters. The SMILES string of the molecule is CO[C@]1(CS)O[C@H](CS)C(O)[C@H]1O.